The van der Waals surface area contributed by atoms with E-state index < -0.39 is 0 Å². The Hall–Kier alpha value is -2.92. The van der Waals surface area contributed by atoms with Crippen molar-refractivity contribution in [3.05, 3.63) is 105 Å². The Morgan fingerprint density at radius 3 is 2.47 bits per heavy atom. The van der Waals surface area contributed by atoms with Crippen molar-refractivity contribution in [2.24, 2.45) is 0 Å². The SMILES string of the molecule is CCCC1(c2ccc([N+](=O)[O-])cc2)c2ccc(O[Si])cc2CCC1c1ccccc1. The van der Waals surface area contributed by atoms with Gasteiger partial charge in [-0.15, -0.1) is 0 Å². The van der Waals surface area contributed by atoms with Crippen LogP contribution in [-0.4, -0.2) is 15.4 Å². The van der Waals surface area contributed by atoms with Crippen molar-refractivity contribution < 1.29 is 9.35 Å². The van der Waals surface area contributed by atoms with E-state index in [2.05, 4.69) is 53.8 Å². The van der Waals surface area contributed by atoms with Crippen LogP contribution in [0.3, 0.4) is 0 Å². The van der Waals surface area contributed by atoms with E-state index in [0.29, 0.717) is 5.92 Å². The second-order valence-electron chi connectivity index (χ2n) is 7.95. The molecule has 3 aromatic carbocycles. The molecule has 3 aromatic rings. The zero-order valence-corrected chi connectivity index (χ0v) is 18.0. The first kappa shape index (κ1) is 20.4. The molecule has 30 heavy (non-hydrogen) atoms. The van der Waals surface area contributed by atoms with Crippen molar-refractivity contribution in [3.63, 3.8) is 0 Å². The topological polar surface area (TPSA) is 52.4 Å². The number of rotatable bonds is 6. The molecule has 0 saturated carbocycles. The van der Waals surface area contributed by atoms with Gasteiger partial charge in [-0.3, -0.25) is 10.1 Å². The molecule has 2 atom stereocenters. The Balaban J connectivity index is 1.96. The van der Waals surface area contributed by atoms with E-state index >= 15 is 0 Å². The lowest BCUT2D eigenvalue weighted by Crippen LogP contribution is -2.39. The van der Waals surface area contributed by atoms with Crippen molar-refractivity contribution in [2.45, 2.75) is 43.9 Å². The number of nitrogens with zero attached hydrogens (tertiary/aromatic N) is 1. The van der Waals surface area contributed by atoms with E-state index in [1.807, 2.05) is 24.3 Å². The number of hydrogen-bond acceptors (Lipinski definition) is 3. The predicted molar refractivity (Wildman–Crippen MR) is 119 cm³/mol. The normalized spacial score (nSPS) is 20.4. The summed E-state index contributed by atoms with van der Waals surface area (Å²) in [5.74, 6) is 1.08. The van der Waals surface area contributed by atoms with E-state index in [-0.39, 0.29) is 16.0 Å². The summed E-state index contributed by atoms with van der Waals surface area (Å²) in [5.41, 5.74) is 4.91. The molecule has 3 radical (unpaired) electrons. The fraction of sp³-hybridized carbons (Fsp3) is 0.280. The van der Waals surface area contributed by atoms with Gasteiger partial charge < -0.3 is 4.43 Å². The van der Waals surface area contributed by atoms with Crippen LogP contribution in [0.25, 0.3) is 0 Å². The first-order valence-electron chi connectivity index (χ1n) is 10.4. The molecule has 0 aromatic heterocycles. The standard InChI is InChI=1S/C25H24NO3Si/c1-2-16-25(20-9-11-21(12-10-20)26(27)28)23(18-6-4-3-5-7-18)14-8-19-17-22(29-30)13-15-24(19)25/h3-7,9-13,15,17,23H,2,8,14,16H2,1H3. The summed E-state index contributed by atoms with van der Waals surface area (Å²) in [6.07, 6.45) is 3.96. The zero-order valence-electron chi connectivity index (χ0n) is 17.0. The molecule has 2 unspecified atom stereocenters. The first-order chi connectivity index (χ1) is 14.6. The number of benzene rings is 3. The van der Waals surface area contributed by atoms with Crippen LogP contribution in [0.15, 0.2) is 72.8 Å². The molecule has 0 spiro atoms. The highest BCUT2D eigenvalue weighted by molar-refractivity contribution is 6.00. The highest BCUT2D eigenvalue weighted by atomic mass is 28.2. The van der Waals surface area contributed by atoms with Crippen molar-refractivity contribution >= 4 is 16.2 Å². The van der Waals surface area contributed by atoms with Crippen LogP contribution in [0, 0.1) is 10.1 Å². The van der Waals surface area contributed by atoms with Gasteiger partial charge in [0.2, 0.25) is 0 Å². The summed E-state index contributed by atoms with van der Waals surface area (Å²) in [4.78, 5) is 10.9. The molecule has 4 nitrogen and oxygen atoms in total. The smallest absolute Gasteiger partial charge is 0.341 e. The van der Waals surface area contributed by atoms with E-state index in [9.17, 15) is 10.1 Å². The van der Waals surface area contributed by atoms with E-state index in [1.54, 1.807) is 12.1 Å². The predicted octanol–water partition coefficient (Wildman–Crippen LogP) is 5.87. The van der Waals surface area contributed by atoms with Gasteiger partial charge in [0, 0.05) is 17.5 Å². The highest BCUT2D eigenvalue weighted by Crippen LogP contribution is 2.54. The minimum absolute atomic E-state index is 0.125. The second kappa shape index (κ2) is 8.44. The maximum atomic E-state index is 11.2. The van der Waals surface area contributed by atoms with Gasteiger partial charge in [-0.1, -0.05) is 61.9 Å². The van der Waals surface area contributed by atoms with Crippen LogP contribution in [0.4, 0.5) is 5.69 Å². The maximum Gasteiger partial charge on any atom is 0.341 e. The van der Waals surface area contributed by atoms with Crippen molar-refractivity contribution in [1.29, 1.82) is 0 Å². The molecule has 0 saturated heterocycles. The molecular formula is C25H24NO3Si. The minimum atomic E-state index is -0.334. The quantitative estimate of drug-likeness (QED) is 0.288. The molecule has 1 aliphatic rings. The summed E-state index contributed by atoms with van der Waals surface area (Å²) >= 11 is 0. The monoisotopic (exact) mass is 414 g/mol. The van der Waals surface area contributed by atoms with E-state index in [0.717, 1.165) is 37.0 Å². The maximum absolute atomic E-state index is 11.2. The van der Waals surface area contributed by atoms with Crippen molar-refractivity contribution in [3.8, 4) is 5.75 Å². The van der Waals surface area contributed by atoms with Gasteiger partial charge in [-0.05, 0) is 59.6 Å². The minimum Gasteiger partial charge on any atom is -0.540 e. The van der Waals surface area contributed by atoms with Crippen LogP contribution >= 0.6 is 0 Å². The molecule has 0 amide bonds. The third-order valence-corrected chi connectivity index (χ3v) is 6.65. The number of aryl methyl sites for hydroxylation is 1. The average Bonchev–Trinajstić information content (AvgIpc) is 2.79. The number of fused-ring (bicyclic) bond motifs is 1. The van der Waals surface area contributed by atoms with Gasteiger partial charge in [0.1, 0.15) is 5.75 Å². The van der Waals surface area contributed by atoms with Gasteiger partial charge in [-0.25, -0.2) is 0 Å². The summed E-state index contributed by atoms with van der Waals surface area (Å²) in [6, 6.07) is 24.1. The lowest BCUT2D eigenvalue weighted by atomic mass is 9.56. The van der Waals surface area contributed by atoms with Gasteiger partial charge in [0.05, 0.1) is 4.92 Å². The van der Waals surface area contributed by atoms with Crippen LogP contribution in [0.5, 0.6) is 5.75 Å². The lowest BCUT2D eigenvalue weighted by Gasteiger charge is -2.47. The zero-order chi connectivity index (χ0) is 21.1. The third-order valence-electron chi connectivity index (χ3n) is 6.41. The largest absolute Gasteiger partial charge is 0.540 e. The van der Waals surface area contributed by atoms with E-state index in [1.165, 1.54) is 16.7 Å². The van der Waals surface area contributed by atoms with Gasteiger partial charge in [-0.2, -0.15) is 0 Å². The second-order valence-corrected chi connectivity index (χ2v) is 8.15. The Labute approximate surface area is 180 Å². The van der Waals surface area contributed by atoms with Crippen LogP contribution < -0.4 is 4.43 Å². The number of nitro groups is 1. The Morgan fingerprint density at radius 1 is 1.10 bits per heavy atom. The van der Waals surface area contributed by atoms with Crippen molar-refractivity contribution in [1.82, 2.24) is 0 Å². The summed E-state index contributed by atoms with van der Waals surface area (Å²) in [7, 11) is 3.15. The molecule has 151 valence electrons. The summed E-state index contributed by atoms with van der Waals surface area (Å²) in [6.45, 7) is 2.21. The van der Waals surface area contributed by atoms with Crippen LogP contribution in [0.1, 0.15) is 54.4 Å². The fourth-order valence-electron chi connectivity index (χ4n) is 5.23. The molecule has 0 N–H and O–H groups in total. The molecular weight excluding hydrogens is 390 g/mol. The van der Waals surface area contributed by atoms with Crippen LogP contribution in [0.2, 0.25) is 0 Å². The molecule has 1 aliphatic carbocycles. The Kier molecular flexibility index (Phi) is 5.73. The molecule has 5 heteroatoms. The van der Waals surface area contributed by atoms with E-state index in [4.69, 9.17) is 4.43 Å². The number of hydrogen-bond donors (Lipinski definition) is 0. The Bertz CT molecular complexity index is 1040. The molecule has 4 rings (SSSR count). The van der Waals surface area contributed by atoms with Gasteiger partial charge >= 0.3 is 10.5 Å². The molecule has 0 bridgehead atoms. The highest BCUT2D eigenvalue weighted by Gasteiger charge is 2.45. The average molecular weight is 415 g/mol. The fourth-order valence-corrected chi connectivity index (χ4v) is 5.36. The lowest BCUT2D eigenvalue weighted by molar-refractivity contribution is -0.384. The summed E-state index contributed by atoms with van der Waals surface area (Å²) < 4.78 is 5.30. The van der Waals surface area contributed by atoms with Gasteiger partial charge in [0.25, 0.3) is 5.69 Å². The first-order valence-corrected chi connectivity index (χ1v) is 10.8. The van der Waals surface area contributed by atoms with Crippen molar-refractivity contribution in [2.75, 3.05) is 0 Å². The summed E-state index contributed by atoms with van der Waals surface area (Å²) in [5, 5.41) is 11.2. The number of nitro benzene ring substituents is 1. The third kappa shape index (κ3) is 3.43. The molecule has 0 aliphatic heterocycles. The van der Waals surface area contributed by atoms with Crippen LogP contribution in [-0.2, 0) is 11.8 Å². The molecule has 0 heterocycles. The van der Waals surface area contributed by atoms with Gasteiger partial charge in [0.15, 0.2) is 0 Å². The number of non-ortho nitro benzene ring substituents is 1. The molecule has 0 fully saturated rings. The Morgan fingerprint density at radius 2 is 1.83 bits per heavy atom.